The topological polar surface area (TPSA) is 88.9 Å². The molecule has 0 aliphatic carbocycles. The highest BCUT2D eigenvalue weighted by Gasteiger charge is 2.56. The summed E-state index contributed by atoms with van der Waals surface area (Å²) in [5.74, 6) is -2.27. The zero-order chi connectivity index (χ0) is 27.0. The summed E-state index contributed by atoms with van der Waals surface area (Å²) in [6.45, 7) is 7.60. The van der Waals surface area contributed by atoms with Crippen LogP contribution in [-0.4, -0.2) is 47.3 Å². The Kier molecular flexibility index (Phi) is 7.45. The number of anilines is 2. The predicted octanol–water partition coefficient (Wildman–Crippen LogP) is 4.11. The largest absolute Gasteiger partial charge is 0.465 e. The van der Waals surface area contributed by atoms with E-state index in [1.54, 1.807) is 31.2 Å². The van der Waals surface area contributed by atoms with Gasteiger partial charge in [-0.15, -0.1) is 0 Å². The summed E-state index contributed by atoms with van der Waals surface area (Å²) in [4.78, 5) is 56.9. The van der Waals surface area contributed by atoms with Crippen molar-refractivity contribution in [2.45, 2.75) is 43.5 Å². The number of aromatic nitrogens is 1. The number of carbonyl (C=O) groups is 3. The van der Waals surface area contributed by atoms with Gasteiger partial charge in [0.15, 0.2) is 0 Å². The lowest BCUT2D eigenvalue weighted by Gasteiger charge is -2.31. The molecule has 198 valence electrons. The Morgan fingerprint density at radius 3 is 2.26 bits per heavy atom. The minimum absolute atomic E-state index is 0.207. The van der Waals surface area contributed by atoms with E-state index < -0.39 is 23.1 Å². The summed E-state index contributed by atoms with van der Waals surface area (Å²) in [6.07, 6.45) is 0. The maximum Gasteiger partial charge on any atom is 0.326 e. The number of benzene rings is 2. The van der Waals surface area contributed by atoms with Crippen molar-refractivity contribution >= 4 is 52.3 Å². The first-order chi connectivity index (χ1) is 18.4. The number of fused-ring (bicyclic) bond motifs is 2. The second-order valence-corrected chi connectivity index (χ2v) is 11.2. The van der Waals surface area contributed by atoms with Gasteiger partial charge in [-0.25, -0.2) is 4.90 Å². The number of carbonyl (C=O) groups excluding carboxylic acids is 3. The molecule has 3 atom stereocenters. The predicted molar refractivity (Wildman–Crippen MR) is 149 cm³/mol. The van der Waals surface area contributed by atoms with Crippen LogP contribution >= 0.6 is 23.1 Å². The van der Waals surface area contributed by atoms with Crippen LogP contribution in [0.15, 0.2) is 64.4 Å². The molecule has 2 aliphatic rings. The summed E-state index contributed by atoms with van der Waals surface area (Å²) >= 11 is 2.24. The first-order valence-corrected chi connectivity index (χ1v) is 14.4. The van der Waals surface area contributed by atoms with Gasteiger partial charge >= 0.3 is 10.8 Å². The summed E-state index contributed by atoms with van der Waals surface area (Å²) in [6, 6.07) is 16.9. The van der Waals surface area contributed by atoms with Gasteiger partial charge in [0.25, 0.3) is 0 Å². The first-order valence-electron chi connectivity index (χ1n) is 12.7. The van der Waals surface area contributed by atoms with Crippen LogP contribution < -0.4 is 14.7 Å². The number of nitrogens with zero attached hydrogens (tertiary/aromatic N) is 3. The van der Waals surface area contributed by atoms with Crippen LogP contribution in [0.3, 0.4) is 0 Å². The number of thiazole rings is 1. The summed E-state index contributed by atoms with van der Waals surface area (Å²) in [5.41, 5.74) is 2.45. The molecule has 0 spiro atoms. The van der Waals surface area contributed by atoms with Crippen LogP contribution in [-0.2, 0) is 25.7 Å². The molecule has 0 bridgehead atoms. The van der Waals surface area contributed by atoms with E-state index in [1.165, 1.54) is 21.2 Å². The van der Waals surface area contributed by atoms with Crippen molar-refractivity contribution < 1.29 is 19.1 Å². The van der Waals surface area contributed by atoms with Crippen LogP contribution in [0.4, 0.5) is 11.4 Å². The Labute approximate surface area is 229 Å². The van der Waals surface area contributed by atoms with Gasteiger partial charge in [0, 0.05) is 29.6 Å². The quantitative estimate of drug-likeness (QED) is 0.307. The van der Waals surface area contributed by atoms with E-state index in [0.29, 0.717) is 15.6 Å². The maximum atomic E-state index is 13.9. The van der Waals surface area contributed by atoms with Gasteiger partial charge in [0.2, 0.25) is 11.8 Å². The lowest BCUT2D eigenvalue weighted by molar-refractivity contribution is -0.144. The lowest BCUT2D eigenvalue weighted by Crippen LogP contribution is -2.32. The van der Waals surface area contributed by atoms with E-state index in [2.05, 4.69) is 18.7 Å². The van der Waals surface area contributed by atoms with Gasteiger partial charge in [0.05, 0.1) is 23.2 Å². The fraction of sp³-hybridized carbons (Fsp3) is 0.357. The second kappa shape index (κ2) is 10.8. The summed E-state index contributed by atoms with van der Waals surface area (Å²) in [7, 11) is 0. The molecule has 1 saturated heterocycles. The number of hydrogen-bond acceptors (Lipinski definition) is 8. The zero-order valence-corrected chi connectivity index (χ0v) is 23.1. The highest BCUT2D eigenvalue weighted by atomic mass is 32.2. The molecule has 2 aliphatic heterocycles. The molecule has 8 nitrogen and oxygen atoms in total. The molecule has 0 radical (unpaired) electrons. The van der Waals surface area contributed by atoms with E-state index in [1.807, 2.05) is 30.3 Å². The molecule has 38 heavy (non-hydrogen) atoms. The van der Waals surface area contributed by atoms with Gasteiger partial charge in [-0.2, -0.15) is 0 Å². The van der Waals surface area contributed by atoms with E-state index in [4.69, 9.17) is 4.74 Å². The molecule has 1 fully saturated rings. The number of ether oxygens (including phenoxy) is 1. The second-order valence-electron chi connectivity index (χ2n) is 9.08. The van der Waals surface area contributed by atoms with E-state index in [-0.39, 0.29) is 29.8 Å². The molecule has 3 aromatic rings. The molecule has 3 heterocycles. The highest BCUT2D eigenvalue weighted by Crippen LogP contribution is 2.54. The van der Waals surface area contributed by atoms with Crippen LogP contribution in [0.5, 0.6) is 0 Å². The normalized spacial score (nSPS) is 20.3. The molecule has 0 unspecified atom stereocenters. The molecule has 2 amide bonds. The van der Waals surface area contributed by atoms with Crippen molar-refractivity contribution in [3.8, 4) is 0 Å². The van der Waals surface area contributed by atoms with Crippen molar-refractivity contribution in [3.05, 3.63) is 74.7 Å². The van der Waals surface area contributed by atoms with E-state index in [0.717, 1.165) is 35.7 Å². The average molecular weight is 552 g/mol. The third-order valence-electron chi connectivity index (χ3n) is 7.04. The molecule has 2 aromatic carbocycles. The minimum Gasteiger partial charge on any atom is -0.465 e. The standard InChI is InChI=1S/C28H29N3O5S2/c1-4-29(5-2)18-14-12-17(13-15-18)21-22-23(26(34)31(25(22)33)19-10-8-7-9-11-19)37-27-24(21)38-28(35)30(27)16-20(32)36-6-3/h7-15,21-23H,4-6,16H2,1-3H3/t21-,22-,23+/m0/s1. The van der Waals surface area contributed by atoms with Gasteiger partial charge in [-0.3, -0.25) is 23.7 Å². The SMILES string of the molecule is CCOC(=O)Cn1c2c(sc1=O)[C@@H](c1ccc(N(CC)CC)cc1)[C@@H]1C(=O)N(c3ccccc3)C(=O)[C@@H]1S2. The summed E-state index contributed by atoms with van der Waals surface area (Å²) in [5, 5.41) is -0.159. The number of hydrogen-bond donors (Lipinski definition) is 0. The Morgan fingerprint density at radius 1 is 0.947 bits per heavy atom. The number of thioether (sulfide) groups is 1. The van der Waals surface area contributed by atoms with Gasteiger partial charge in [0.1, 0.15) is 11.8 Å². The first kappa shape index (κ1) is 26.2. The lowest BCUT2D eigenvalue weighted by atomic mass is 9.83. The molecule has 1 aromatic heterocycles. The number of imide groups is 1. The number of para-hydroxylation sites is 1. The monoisotopic (exact) mass is 551 g/mol. The molecular weight excluding hydrogens is 522 g/mol. The van der Waals surface area contributed by atoms with Crippen molar-refractivity contribution in [1.82, 2.24) is 4.57 Å². The van der Waals surface area contributed by atoms with Gasteiger partial charge in [-0.1, -0.05) is 53.4 Å². The number of rotatable bonds is 8. The molecular formula is C28H29N3O5S2. The Hall–Kier alpha value is -3.37. The average Bonchev–Trinajstić information content (AvgIpc) is 3.36. The Bertz CT molecular complexity index is 1410. The van der Waals surface area contributed by atoms with Crippen LogP contribution in [0.2, 0.25) is 0 Å². The molecule has 0 N–H and O–H groups in total. The number of amides is 2. The summed E-state index contributed by atoms with van der Waals surface area (Å²) < 4.78 is 6.48. The smallest absolute Gasteiger partial charge is 0.326 e. The fourth-order valence-corrected chi connectivity index (χ4v) is 8.04. The van der Waals surface area contributed by atoms with Gasteiger partial charge < -0.3 is 9.64 Å². The van der Waals surface area contributed by atoms with Crippen LogP contribution in [0.25, 0.3) is 0 Å². The van der Waals surface area contributed by atoms with Crippen molar-refractivity contribution in [3.63, 3.8) is 0 Å². The van der Waals surface area contributed by atoms with Crippen molar-refractivity contribution in [1.29, 1.82) is 0 Å². The van der Waals surface area contributed by atoms with Crippen molar-refractivity contribution in [2.24, 2.45) is 5.92 Å². The molecule has 5 rings (SSSR count). The Morgan fingerprint density at radius 2 is 1.63 bits per heavy atom. The molecule has 0 saturated carbocycles. The van der Waals surface area contributed by atoms with Crippen LogP contribution in [0.1, 0.15) is 37.1 Å². The van der Waals surface area contributed by atoms with Crippen molar-refractivity contribution in [2.75, 3.05) is 29.5 Å². The van der Waals surface area contributed by atoms with Gasteiger partial charge in [-0.05, 0) is 50.6 Å². The Balaban J connectivity index is 1.62. The third kappa shape index (κ3) is 4.45. The highest BCUT2D eigenvalue weighted by molar-refractivity contribution is 8.00. The van der Waals surface area contributed by atoms with E-state index >= 15 is 0 Å². The number of esters is 1. The van der Waals surface area contributed by atoms with Crippen LogP contribution in [0, 0.1) is 5.92 Å². The fourth-order valence-electron chi connectivity index (χ4n) is 5.26. The third-order valence-corrected chi connectivity index (χ3v) is 9.64. The zero-order valence-electron chi connectivity index (χ0n) is 21.5. The minimum atomic E-state index is -0.717. The maximum absolute atomic E-state index is 13.9. The van der Waals surface area contributed by atoms with E-state index in [9.17, 15) is 19.2 Å². The molecule has 10 heteroatoms.